The highest BCUT2D eigenvalue weighted by Gasteiger charge is 2.21. The van der Waals surface area contributed by atoms with Crippen LogP contribution in [-0.4, -0.2) is 25.6 Å². The minimum absolute atomic E-state index is 0.0873. The molecule has 0 N–H and O–H groups in total. The first-order valence-corrected chi connectivity index (χ1v) is 7.78. The number of hydrogen-bond acceptors (Lipinski definition) is 4. The van der Waals surface area contributed by atoms with E-state index in [-0.39, 0.29) is 5.78 Å². The van der Waals surface area contributed by atoms with E-state index in [4.69, 9.17) is 14.2 Å². The van der Waals surface area contributed by atoms with Crippen molar-refractivity contribution < 1.29 is 19.0 Å². The van der Waals surface area contributed by atoms with Gasteiger partial charge >= 0.3 is 0 Å². The number of carbonyl (C=O) groups excluding carboxylic acids is 1. The minimum atomic E-state index is 0.0873. The zero-order chi connectivity index (χ0) is 15.7. The first-order valence-electron chi connectivity index (χ1n) is 7.78. The summed E-state index contributed by atoms with van der Waals surface area (Å²) in [6, 6.07) is 3.56. The minimum Gasteiger partial charge on any atom is -0.490 e. The lowest BCUT2D eigenvalue weighted by Gasteiger charge is -2.18. The van der Waals surface area contributed by atoms with E-state index in [2.05, 4.69) is 6.92 Å². The molecule has 0 heterocycles. The van der Waals surface area contributed by atoms with Crippen LogP contribution >= 0.6 is 0 Å². The summed E-state index contributed by atoms with van der Waals surface area (Å²) in [5.41, 5.74) is 0.581. The number of benzene rings is 1. The van der Waals surface area contributed by atoms with Crippen LogP contribution in [0.5, 0.6) is 17.2 Å². The topological polar surface area (TPSA) is 44.8 Å². The second kappa shape index (κ2) is 9.27. The monoisotopic (exact) mass is 294 g/mol. The molecule has 118 valence electrons. The Balaban J connectivity index is 3.23. The molecule has 0 atom stereocenters. The Hall–Kier alpha value is -1.71. The molecule has 0 radical (unpaired) electrons. The van der Waals surface area contributed by atoms with Gasteiger partial charge in [-0.05, 0) is 39.3 Å². The van der Waals surface area contributed by atoms with Gasteiger partial charge in [0.2, 0.25) is 5.75 Å². The Labute approximate surface area is 127 Å². The lowest BCUT2D eigenvalue weighted by molar-refractivity contribution is 0.0975. The quantitative estimate of drug-likeness (QED) is 0.605. The lowest BCUT2D eigenvalue weighted by atomic mass is 10.0. The molecule has 0 aliphatic carbocycles. The SMILES string of the molecule is CCCCC(=O)c1ccc(OCC)c(OCC)c1OCC. The van der Waals surface area contributed by atoms with Crippen molar-refractivity contribution in [2.75, 3.05) is 19.8 Å². The van der Waals surface area contributed by atoms with Gasteiger partial charge in [0, 0.05) is 6.42 Å². The molecule has 4 nitrogen and oxygen atoms in total. The normalized spacial score (nSPS) is 10.3. The summed E-state index contributed by atoms with van der Waals surface area (Å²) in [5, 5.41) is 0. The molecule has 1 rings (SSSR count). The molecule has 1 aromatic rings. The molecule has 0 saturated carbocycles. The molecular formula is C17H26O4. The van der Waals surface area contributed by atoms with Crippen LogP contribution in [0.2, 0.25) is 0 Å². The zero-order valence-electron chi connectivity index (χ0n) is 13.5. The Bertz CT molecular complexity index is 454. The van der Waals surface area contributed by atoms with Crippen LogP contribution in [0, 0.1) is 0 Å². The van der Waals surface area contributed by atoms with E-state index in [1.165, 1.54) is 0 Å². The van der Waals surface area contributed by atoms with E-state index < -0.39 is 0 Å². The molecule has 0 aromatic heterocycles. The van der Waals surface area contributed by atoms with Crippen LogP contribution in [0.15, 0.2) is 12.1 Å². The highest BCUT2D eigenvalue weighted by Crippen LogP contribution is 2.41. The van der Waals surface area contributed by atoms with Crippen molar-refractivity contribution in [2.45, 2.75) is 47.0 Å². The van der Waals surface area contributed by atoms with E-state index in [0.717, 1.165) is 12.8 Å². The molecular weight excluding hydrogens is 268 g/mol. The van der Waals surface area contributed by atoms with Crippen LogP contribution < -0.4 is 14.2 Å². The summed E-state index contributed by atoms with van der Waals surface area (Å²) in [6.07, 6.45) is 2.39. The van der Waals surface area contributed by atoms with E-state index in [1.54, 1.807) is 12.1 Å². The summed E-state index contributed by atoms with van der Waals surface area (Å²) in [5.74, 6) is 1.74. The van der Waals surface area contributed by atoms with Gasteiger partial charge in [-0.2, -0.15) is 0 Å². The standard InChI is InChI=1S/C17H26O4/c1-5-9-10-14(18)13-11-12-15(19-6-2)17(21-8-4)16(13)20-7-3/h11-12H,5-10H2,1-4H3. The van der Waals surface area contributed by atoms with Crippen LogP contribution in [-0.2, 0) is 0 Å². The van der Waals surface area contributed by atoms with Gasteiger partial charge in [0.25, 0.3) is 0 Å². The van der Waals surface area contributed by atoms with Gasteiger partial charge in [0.15, 0.2) is 17.3 Å². The molecule has 0 saturated heterocycles. The molecule has 0 spiro atoms. The van der Waals surface area contributed by atoms with Crippen LogP contribution in [0.1, 0.15) is 57.3 Å². The van der Waals surface area contributed by atoms with Gasteiger partial charge < -0.3 is 14.2 Å². The highest BCUT2D eigenvalue weighted by atomic mass is 16.5. The Morgan fingerprint density at radius 3 is 2.10 bits per heavy atom. The fourth-order valence-corrected chi connectivity index (χ4v) is 2.07. The van der Waals surface area contributed by atoms with Gasteiger partial charge in [-0.1, -0.05) is 13.3 Å². The summed E-state index contributed by atoms with van der Waals surface area (Å²) in [6.45, 7) is 9.28. The average Bonchev–Trinajstić information content (AvgIpc) is 2.48. The number of ether oxygens (including phenoxy) is 3. The number of unbranched alkanes of at least 4 members (excludes halogenated alkanes) is 1. The fraction of sp³-hybridized carbons (Fsp3) is 0.588. The molecule has 0 aliphatic heterocycles. The Kier molecular flexibility index (Phi) is 7.65. The van der Waals surface area contributed by atoms with E-state index >= 15 is 0 Å². The second-order valence-corrected chi connectivity index (χ2v) is 4.60. The van der Waals surface area contributed by atoms with E-state index in [9.17, 15) is 4.79 Å². The van der Waals surface area contributed by atoms with Crippen molar-refractivity contribution in [3.63, 3.8) is 0 Å². The van der Waals surface area contributed by atoms with E-state index in [1.807, 2.05) is 20.8 Å². The maximum Gasteiger partial charge on any atom is 0.204 e. The predicted molar refractivity (Wildman–Crippen MR) is 83.8 cm³/mol. The molecule has 4 heteroatoms. The largest absolute Gasteiger partial charge is 0.490 e. The molecule has 21 heavy (non-hydrogen) atoms. The summed E-state index contributed by atoms with van der Waals surface area (Å²) in [7, 11) is 0. The summed E-state index contributed by atoms with van der Waals surface area (Å²) < 4.78 is 16.9. The third-order valence-electron chi connectivity index (χ3n) is 3.01. The smallest absolute Gasteiger partial charge is 0.204 e. The number of ketones is 1. The average molecular weight is 294 g/mol. The molecule has 0 amide bonds. The fourth-order valence-electron chi connectivity index (χ4n) is 2.07. The lowest BCUT2D eigenvalue weighted by Crippen LogP contribution is -2.08. The van der Waals surface area contributed by atoms with Crippen LogP contribution in [0.25, 0.3) is 0 Å². The predicted octanol–water partition coefficient (Wildman–Crippen LogP) is 4.26. The second-order valence-electron chi connectivity index (χ2n) is 4.60. The third-order valence-corrected chi connectivity index (χ3v) is 3.01. The molecule has 0 bridgehead atoms. The van der Waals surface area contributed by atoms with Crippen LogP contribution in [0.3, 0.4) is 0 Å². The number of hydrogen-bond donors (Lipinski definition) is 0. The number of Topliss-reactive ketones (excluding diaryl/α,β-unsaturated/α-hetero) is 1. The maximum absolute atomic E-state index is 12.3. The maximum atomic E-state index is 12.3. The van der Waals surface area contributed by atoms with Gasteiger partial charge in [-0.25, -0.2) is 0 Å². The van der Waals surface area contributed by atoms with Crippen molar-refractivity contribution >= 4 is 5.78 Å². The van der Waals surface area contributed by atoms with Crippen molar-refractivity contribution in [1.29, 1.82) is 0 Å². The van der Waals surface area contributed by atoms with Crippen molar-refractivity contribution in [3.05, 3.63) is 17.7 Å². The van der Waals surface area contributed by atoms with Gasteiger partial charge in [-0.15, -0.1) is 0 Å². The van der Waals surface area contributed by atoms with Gasteiger partial charge in [0.1, 0.15) is 0 Å². The Morgan fingerprint density at radius 1 is 0.905 bits per heavy atom. The molecule has 0 unspecified atom stereocenters. The summed E-state index contributed by atoms with van der Waals surface area (Å²) >= 11 is 0. The summed E-state index contributed by atoms with van der Waals surface area (Å²) in [4.78, 5) is 12.3. The van der Waals surface area contributed by atoms with Crippen molar-refractivity contribution in [2.24, 2.45) is 0 Å². The highest BCUT2D eigenvalue weighted by molar-refractivity contribution is 5.99. The van der Waals surface area contributed by atoms with Gasteiger partial charge in [-0.3, -0.25) is 4.79 Å². The molecule has 0 aliphatic rings. The number of rotatable bonds is 10. The van der Waals surface area contributed by atoms with Crippen molar-refractivity contribution in [3.8, 4) is 17.2 Å². The van der Waals surface area contributed by atoms with Crippen LogP contribution in [0.4, 0.5) is 0 Å². The Morgan fingerprint density at radius 2 is 1.52 bits per heavy atom. The first kappa shape index (κ1) is 17.3. The first-order chi connectivity index (χ1) is 10.2. The van der Waals surface area contributed by atoms with E-state index in [0.29, 0.717) is 49.1 Å². The zero-order valence-corrected chi connectivity index (χ0v) is 13.5. The van der Waals surface area contributed by atoms with Gasteiger partial charge in [0.05, 0.1) is 25.4 Å². The number of carbonyl (C=O) groups is 1. The molecule has 1 aromatic carbocycles. The van der Waals surface area contributed by atoms with Crippen molar-refractivity contribution in [1.82, 2.24) is 0 Å². The molecule has 0 fully saturated rings. The third kappa shape index (κ3) is 4.66.